The van der Waals surface area contributed by atoms with Crippen LogP contribution in [0.1, 0.15) is 226 Å². The van der Waals surface area contributed by atoms with Crippen molar-refractivity contribution in [2.24, 2.45) is 0 Å². The largest absolute Gasteiger partial charge is 0.472 e. The van der Waals surface area contributed by atoms with Crippen LogP contribution in [0, 0.1) is 0 Å². The van der Waals surface area contributed by atoms with Crippen LogP contribution >= 0.6 is 15.6 Å². The van der Waals surface area contributed by atoms with E-state index in [2.05, 4.69) is 167 Å². The molecule has 506 valence electrons. The monoisotopic (exact) mass is 1290 g/mol. The van der Waals surface area contributed by atoms with Crippen molar-refractivity contribution in [2.75, 3.05) is 39.6 Å². The normalized spacial score (nSPS) is 15.2. The Bertz CT molecular complexity index is 2210. The van der Waals surface area contributed by atoms with E-state index in [0.29, 0.717) is 19.3 Å². The van der Waals surface area contributed by atoms with Gasteiger partial charge >= 0.3 is 33.6 Å². The van der Waals surface area contributed by atoms with Gasteiger partial charge in [0, 0.05) is 19.3 Å². The van der Waals surface area contributed by atoms with Crippen LogP contribution in [0.5, 0.6) is 0 Å². The lowest BCUT2D eigenvalue weighted by atomic mass is 10.1. The first-order valence-corrected chi connectivity index (χ1v) is 36.1. The van der Waals surface area contributed by atoms with Gasteiger partial charge in [-0.25, -0.2) is 9.13 Å². The standard InChI is InChI=1S/C71H116O16P2/c1-4-7-10-13-16-19-22-25-27-29-30-31-32-33-34-36-38-40-42-45-48-51-54-57-69(74)81-60-66(72)61-83-88(77,78)84-62-67(73)63-85-89(79,80)86-65-68(87-71(76)59-56-53-50-47-44-39-24-21-18-15-12-9-6-3)64-82-70(75)58-55-52-49-46-43-41-37-35-28-26-23-20-17-14-11-8-5-2/h7-8,10-12,15-17,19-21,24-28,30-31,33-34,37-38,40-41,66-68,72-73H,4-6,9,13-14,18,22-23,29,32,35-36,39,42-65H2,1-3H3,(H,77,78)(H,79,80)/b10-7-,11-8-,15-12-,19-16-,20-17-,24-21-,27-25-,28-26-,31-30-,34-33-,40-38-,41-37-. The quantitative estimate of drug-likeness (QED) is 0.0146. The highest BCUT2D eigenvalue weighted by Crippen LogP contribution is 2.45. The molecule has 0 fully saturated rings. The molecule has 89 heavy (non-hydrogen) atoms. The second-order valence-electron chi connectivity index (χ2n) is 21.5. The summed E-state index contributed by atoms with van der Waals surface area (Å²) >= 11 is 0. The summed E-state index contributed by atoms with van der Waals surface area (Å²) in [7, 11) is -9.80. The zero-order valence-electron chi connectivity index (χ0n) is 54.5. The summed E-state index contributed by atoms with van der Waals surface area (Å²) in [6.07, 6.45) is 74.8. The Kier molecular flexibility index (Phi) is 60.3. The summed E-state index contributed by atoms with van der Waals surface area (Å²) in [6, 6.07) is 0. The Morgan fingerprint density at radius 2 is 0.596 bits per heavy atom. The fourth-order valence-electron chi connectivity index (χ4n) is 8.01. The molecule has 0 aliphatic heterocycles. The number of unbranched alkanes of at least 4 members (excludes halogenated alkanes) is 14. The Hall–Kier alpha value is -4.57. The molecule has 0 radical (unpaired) electrons. The van der Waals surface area contributed by atoms with Crippen LogP contribution in [0.4, 0.5) is 0 Å². The molecule has 0 aliphatic rings. The highest BCUT2D eigenvalue weighted by Gasteiger charge is 2.29. The molecule has 0 aliphatic carbocycles. The molecule has 0 saturated heterocycles. The second-order valence-corrected chi connectivity index (χ2v) is 24.4. The second kappa shape index (κ2) is 63.6. The zero-order chi connectivity index (χ0) is 65.3. The first kappa shape index (κ1) is 84.4. The number of allylic oxidation sites excluding steroid dienone is 24. The summed E-state index contributed by atoms with van der Waals surface area (Å²) in [6.45, 7) is 2.26. The minimum Gasteiger partial charge on any atom is -0.463 e. The molecule has 0 aromatic heterocycles. The molecule has 5 atom stereocenters. The molecular formula is C71H116O16P2. The highest BCUT2D eigenvalue weighted by atomic mass is 31.2. The van der Waals surface area contributed by atoms with Crippen LogP contribution in [0.2, 0.25) is 0 Å². The Labute approximate surface area is 537 Å². The summed E-state index contributed by atoms with van der Waals surface area (Å²) in [5.41, 5.74) is 0. The predicted molar refractivity (Wildman–Crippen MR) is 362 cm³/mol. The van der Waals surface area contributed by atoms with Gasteiger partial charge in [0.15, 0.2) is 6.10 Å². The fourth-order valence-corrected chi connectivity index (χ4v) is 9.60. The number of rotatable bonds is 61. The van der Waals surface area contributed by atoms with Crippen LogP contribution in [0.15, 0.2) is 146 Å². The van der Waals surface area contributed by atoms with Gasteiger partial charge < -0.3 is 34.2 Å². The Morgan fingerprint density at radius 1 is 0.326 bits per heavy atom. The van der Waals surface area contributed by atoms with Crippen molar-refractivity contribution >= 4 is 33.6 Å². The van der Waals surface area contributed by atoms with E-state index in [-0.39, 0.29) is 19.3 Å². The number of phosphoric acid groups is 2. The van der Waals surface area contributed by atoms with E-state index in [1.165, 1.54) is 0 Å². The lowest BCUT2D eigenvalue weighted by Crippen LogP contribution is -2.30. The Balaban J connectivity index is 4.67. The molecule has 0 aromatic carbocycles. The van der Waals surface area contributed by atoms with Crippen LogP contribution in [0.25, 0.3) is 0 Å². The van der Waals surface area contributed by atoms with Gasteiger partial charge in [0.1, 0.15) is 25.4 Å². The van der Waals surface area contributed by atoms with Crippen molar-refractivity contribution in [3.8, 4) is 0 Å². The molecule has 0 saturated carbocycles. The summed E-state index contributed by atoms with van der Waals surface area (Å²) in [4.78, 5) is 58.3. The number of phosphoric ester groups is 2. The number of hydrogen-bond donors (Lipinski definition) is 4. The van der Waals surface area contributed by atoms with E-state index >= 15 is 0 Å². The number of aliphatic hydroxyl groups excluding tert-OH is 2. The van der Waals surface area contributed by atoms with E-state index in [4.69, 9.17) is 32.3 Å². The average molecular weight is 1290 g/mol. The van der Waals surface area contributed by atoms with Crippen molar-refractivity contribution < 1.29 is 75.8 Å². The number of hydrogen-bond acceptors (Lipinski definition) is 14. The number of aliphatic hydroxyl groups is 2. The van der Waals surface area contributed by atoms with Crippen molar-refractivity contribution in [3.63, 3.8) is 0 Å². The minimum atomic E-state index is -4.94. The number of ether oxygens (including phenoxy) is 3. The van der Waals surface area contributed by atoms with Crippen molar-refractivity contribution in [1.29, 1.82) is 0 Å². The van der Waals surface area contributed by atoms with Crippen LogP contribution < -0.4 is 0 Å². The molecule has 0 rings (SSSR count). The van der Waals surface area contributed by atoms with Gasteiger partial charge in [-0.1, -0.05) is 218 Å². The maximum Gasteiger partial charge on any atom is 0.472 e. The van der Waals surface area contributed by atoms with Gasteiger partial charge in [-0.3, -0.25) is 32.5 Å². The van der Waals surface area contributed by atoms with Gasteiger partial charge in [-0.15, -0.1) is 0 Å². The van der Waals surface area contributed by atoms with E-state index < -0.39 is 91.5 Å². The third-order valence-corrected chi connectivity index (χ3v) is 14.9. The number of carbonyl (C=O) groups is 3. The van der Waals surface area contributed by atoms with E-state index in [1.54, 1.807) is 0 Å². The molecular weight excluding hydrogens is 1170 g/mol. The maximum atomic E-state index is 12.9. The van der Waals surface area contributed by atoms with Gasteiger partial charge in [-0.05, 0) is 135 Å². The Morgan fingerprint density at radius 3 is 0.944 bits per heavy atom. The molecule has 0 aromatic rings. The lowest BCUT2D eigenvalue weighted by Gasteiger charge is -2.21. The van der Waals surface area contributed by atoms with Gasteiger partial charge in [0.05, 0.1) is 26.4 Å². The van der Waals surface area contributed by atoms with Gasteiger partial charge in [-0.2, -0.15) is 0 Å². The lowest BCUT2D eigenvalue weighted by molar-refractivity contribution is -0.161. The molecule has 4 N–H and O–H groups in total. The number of esters is 3. The van der Waals surface area contributed by atoms with E-state index in [0.717, 1.165) is 167 Å². The van der Waals surface area contributed by atoms with E-state index in [9.17, 15) is 43.5 Å². The zero-order valence-corrected chi connectivity index (χ0v) is 56.3. The first-order chi connectivity index (χ1) is 43.2. The van der Waals surface area contributed by atoms with Gasteiger partial charge in [0.25, 0.3) is 0 Å². The summed E-state index contributed by atoms with van der Waals surface area (Å²) < 4.78 is 60.7. The fraction of sp³-hybridized carbons (Fsp3) is 0.620. The first-order valence-electron chi connectivity index (χ1n) is 33.1. The smallest absolute Gasteiger partial charge is 0.463 e. The third-order valence-electron chi connectivity index (χ3n) is 13.0. The summed E-state index contributed by atoms with van der Waals surface area (Å²) in [5, 5.41) is 20.5. The molecule has 18 heteroatoms. The molecule has 16 nitrogen and oxygen atoms in total. The average Bonchev–Trinajstić information content (AvgIpc) is 3.72. The molecule has 0 bridgehead atoms. The predicted octanol–water partition coefficient (Wildman–Crippen LogP) is 18.2. The van der Waals surface area contributed by atoms with Crippen molar-refractivity contribution in [3.05, 3.63) is 146 Å². The topological polar surface area (TPSA) is 231 Å². The minimum absolute atomic E-state index is 0.0772. The number of carbonyl (C=O) groups excluding carboxylic acids is 3. The molecule has 5 unspecified atom stereocenters. The summed E-state index contributed by atoms with van der Waals surface area (Å²) in [5.74, 6) is -1.66. The van der Waals surface area contributed by atoms with Crippen LogP contribution in [0.3, 0.4) is 0 Å². The molecule has 0 spiro atoms. The van der Waals surface area contributed by atoms with Gasteiger partial charge in [0.2, 0.25) is 0 Å². The van der Waals surface area contributed by atoms with Crippen molar-refractivity contribution in [2.45, 2.75) is 245 Å². The molecule has 0 heterocycles. The maximum absolute atomic E-state index is 12.9. The van der Waals surface area contributed by atoms with Crippen LogP contribution in [-0.4, -0.2) is 95.9 Å². The van der Waals surface area contributed by atoms with Crippen molar-refractivity contribution in [1.82, 2.24) is 0 Å². The SMILES string of the molecule is CC/C=C\C/C=C\C/C=C\C/C=C\C/C=C\C/C=C\CCCCCCC(=O)OCC(O)COP(=O)(O)OCC(O)COP(=O)(O)OCC(COC(=O)CCCCCC/C=C\C/C=C\C/C=C\C/C=C\CC)OC(=O)CCCCCCC/C=C\C/C=C\CCC. The molecule has 0 amide bonds. The third kappa shape index (κ3) is 64.8. The highest BCUT2D eigenvalue weighted by molar-refractivity contribution is 7.47. The van der Waals surface area contributed by atoms with E-state index in [1.807, 2.05) is 0 Å². The van der Waals surface area contributed by atoms with Crippen LogP contribution in [-0.2, 0) is 55.8 Å².